The van der Waals surface area contributed by atoms with Crippen molar-refractivity contribution in [2.75, 3.05) is 18.5 Å². The third-order valence-electron chi connectivity index (χ3n) is 7.44. The third kappa shape index (κ3) is 6.75. The van der Waals surface area contributed by atoms with Crippen molar-refractivity contribution < 1.29 is 45.2 Å². The van der Waals surface area contributed by atoms with Crippen LogP contribution in [0.4, 0.5) is 32.4 Å². The van der Waals surface area contributed by atoms with E-state index >= 15 is 4.39 Å². The second kappa shape index (κ2) is 11.8. The quantitative estimate of drug-likeness (QED) is 0.355. The Kier molecular flexibility index (Phi) is 8.96. The van der Waals surface area contributed by atoms with Gasteiger partial charge in [0, 0.05) is 17.8 Å². The van der Waals surface area contributed by atoms with Crippen LogP contribution in [0.2, 0.25) is 0 Å². The van der Waals surface area contributed by atoms with Crippen LogP contribution in [0, 0.1) is 5.82 Å². The summed E-state index contributed by atoms with van der Waals surface area (Å²) in [5.41, 5.74) is -2.39. The Labute approximate surface area is 257 Å². The molecule has 2 aromatic rings. The van der Waals surface area contributed by atoms with Crippen LogP contribution in [0.25, 0.3) is 0 Å². The van der Waals surface area contributed by atoms with Crippen LogP contribution in [0.3, 0.4) is 0 Å². The van der Waals surface area contributed by atoms with Crippen LogP contribution in [0.5, 0.6) is 5.75 Å². The van der Waals surface area contributed by atoms with Crippen LogP contribution < -0.4 is 15.4 Å². The van der Waals surface area contributed by atoms with Gasteiger partial charge in [-0.15, -0.1) is 0 Å². The number of ether oxygens (including phenoxy) is 2. The lowest BCUT2D eigenvalue weighted by Crippen LogP contribution is -2.60. The van der Waals surface area contributed by atoms with Gasteiger partial charge in [0.2, 0.25) is 0 Å². The van der Waals surface area contributed by atoms with E-state index < -0.39 is 67.6 Å². The number of hydrogen-bond donors (Lipinski definition) is 2. The summed E-state index contributed by atoms with van der Waals surface area (Å²) in [6.07, 6.45) is -3.48. The molecule has 0 fully saturated rings. The topological polar surface area (TPSA) is 131 Å². The number of alkyl carbamates (subject to hydrolysis) is 1. The summed E-state index contributed by atoms with van der Waals surface area (Å²) < 4.78 is 94.3. The zero-order valence-corrected chi connectivity index (χ0v) is 26.2. The average molecular weight is 660 g/mol. The molecule has 4 rings (SSSR count). The number of fused-ring (bicyclic) bond motifs is 1. The number of carbonyl (C=O) groups is 2. The van der Waals surface area contributed by atoms with Gasteiger partial charge in [0.05, 0.1) is 21.2 Å². The first-order chi connectivity index (χ1) is 20.7. The summed E-state index contributed by atoms with van der Waals surface area (Å²) in [6.45, 7) is 8.58. The Balaban J connectivity index is 1.63. The van der Waals surface area contributed by atoms with Crippen molar-refractivity contribution in [3.8, 4) is 5.75 Å². The van der Waals surface area contributed by atoms with E-state index in [0.717, 1.165) is 24.4 Å². The normalized spacial score (nSPS) is 24.3. The molecule has 0 bridgehead atoms. The van der Waals surface area contributed by atoms with Gasteiger partial charge < -0.3 is 14.8 Å². The molecule has 45 heavy (non-hydrogen) atoms. The number of aliphatic imine (C=N–C) groups is 1. The summed E-state index contributed by atoms with van der Waals surface area (Å²) >= 11 is 0. The highest BCUT2D eigenvalue weighted by molar-refractivity contribution is 7.96. The van der Waals surface area contributed by atoms with Gasteiger partial charge >= 0.3 is 18.4 Å². The predicted molar refractivity (Wildman–Crippen MR) is 157 cm³/mol. The van der Waals surface area contributed by atoms with E-state index in [1.54, 1.807) is 41.5 Å². The number of nitrogens with one attached hydrogen (secondary N) is 2. The minimum absolute atomic E-state index is 0.00854. The van der Waals surface area contributed by atoms with Gasteiger partial charge in [0.15, 0.2) is 6.61 Å². The molecule has 2 N–H and O–H groups in total. The molecule has 0 spiro atoms. The molecule has 2 aliphatic rings. The molecule has 0 radical (unpaired) electrons. The van der Waals surface area contributed by atoms with Crippen molar-refractivity contribution >= 4 is 33.3 Å². The smallest absolute Gasteiger partial charge is 0.413 e. The molecule has 1 aromatic carbocycles. The Morgan fingerprint density at radius 3 is 2.40 bits per heavy atom. The number of halogens is 5. The van der Waals surface area contributed by atoms with E-state index in [4.69, 9.17) is 9.73 Å². The van der Waals surface area contributed by atoms with Gasteiger partial charge in [-0.1, -0.05) is 0 Å². The molecular weight excluding hydrogens is 625 g/mol. The summed E-state index contributed by atoms with van der Waals surface area (Å²) in [5.74, 6) is -6.08. The summed E-state index contributed by atoms with van der Waals surface area (Å²) in [6, 6.07) is 5.97. The molecule has 3 heterocycles. The largest absolute Gasteiger partial charge is 0.485 e. The summed E-state index contributed by atoms with van der Waals surface area (Å²) in [5, 5.41) is 4.43. The number of carbonyl (C=O) groups excluding carboxylic acids is 2. The van der Waals surface area contributed by atoms with Crippen LogP contribution in [0.1, 0.15) is 64.0 Å². The van der Waals surface area contributed by atoms with E-state index in [1.165, 1.54) is 12.1 Å². The minimum atomic E-state index is -4.36. The van der Waals surface area contributed by atoms with Gasteiger partial charge in [-0.2, -0.15) is 8.78 Å². The zero-order chi connectivity index (χ0) is 33.6. The van der Waals surface area contributed by atoms with Crippen LogP contribution in [-0.2, 0) is 20.0 Å². The SMILES string of the molecule is CC(C)(C)OC(=O)NC1=N[C@](C)(c2cc(NC(=O)c3ccc(OCC(F)(F)C(F)F)cn3)ccc2F)[C@@H]2CCN=[S@]2(=O)C1(C)C. The number of amidine groups is 1. The van der Waals surface area contributed by atoms with Crippen LogP contribution in [0.15, 0.2) is 45.9 Å². The molecular formula is C29H34F5N5O5S. The summed E-state index contributed by atoms with van der Waals surface area (Å²) in [7, 11) is -3.13. The minimum Gasteiger partial charge on any atom is -0.485 e. The molecule has 2 aliphatic heterocycles. The van der Waals surface area contributed by atoms with Crippen molar-refractivity contribution in [2.45, 2.75) is 81.4 Å². The van der Waals surface area contributed by atoms with Gasteiger partial charge in [-0.25, -0.2) is 31.5 Å². The highest BCUT2D eigenvalue weighted by atomic mass is 32.2. The lowest BCUT2D eigenvalue weighted by Gasteiger charge is -2.45. The highest BCUT2D eigenvalue weighted by Gasteiger charge is 2.58. The second-order valence-electron chi connectivity index (χ2n) is 12.3. The number of benzene rings is 1. The predicted octanol–water partition coefficient (Wildman–Crippen LogP) is 5.92. The molecule has 2 amide bonds. The Morgan fingerprint density at radius 2 is 1.80 bits per heavy atom. The van der Waals surface area contributed by atoms with Crippen molar-refractivity contribution in [1.29, 1.82) is 0 Å². The van der Waals surface area contributed by atoms with Gasteiger partial charge in [-0.05, 0) is 78.3 Å². The van der Waals surface area contributed by atoms with Gasteiger partial charge in [0.25, 0.3) is 5.91 Å². The van der Waals surface area contributed by atoms with Gasteiger partial charge in [0.1, 0.15) is 39.0 Å². The maximum Gasteiger partial charge on any atom is 0.413 e. The number of anilines is 1. The first kappa shape index (κ1) is 34.1. The fourth-order valence-corrected chi connectivity index (χ4v) is 8.27. The molecule has 0 aliphatic carbocycles. The maximum absolute atomic E-state index is 15.6. The lowest BCUT2D eigenvalue weighted by molar-refractivity contribution is -0.148. The Morgan fingerprint density at radius 1 is 1.11 bits per heavy atom. The summed E-state index contributed by atoms with van der Waals surface area (Å²) in [4.78, 5) is 34.2. The van der Waals surface area contributed by atoms with E-state index in [-0.39, 0.29) is 35.1 Å². The van der Waals surface area contributed by atoms with Gasteiger partial charge in [-0.3, -0.25) is 15.1 Å². The molecule has 1 aromatic heterocycles. The number of rotatable bonds is 7. The number of aromatic nitrogens is 1. The highest BCUT2D eigenvalue weighted by Crippen LogP contribution is 2.48. The Hall–Kier alpha value is -3.82. The number of alkyl halides is 4. The fourth-order valence-electron chi connectivity index (χ4n) is 5.08. The number of hydrogen-bond acceptors (Lipinski definition) is 8. The zero-order valence-electron chi connectivity index (χ0n) is 25.4. The van der Waals surface area contributed by atoms with E-state index in [0.29, 0.717) is 6.42 Å². The third-order valence-corrected chi connectivity index (χ3v) is 11.1. The molecule has 16 heteroatoms. The second-order valence-corrected chi connectivity index (χ2v) is 15.3. The monoisotopic (exact) mass is 659 g/mol. The number of pyridine rings is 1. The molecule has 10 nitrogen and oxygen atoms in total. The van der Waals surface area contributed by atoms with E-state index in [9.17, 15) is 31.4 Å². The number of nitrogens with zero attached hydrogens (tertiary/aromatic N) is 3. The first-order valence-corrected chi connectivity index (χ1v) is 15.5. The molecule has 0 unspecified atom stereocenters. The fraction of sp³-hybridized carbons (Fsp3) is 0.517. The number of amides is 2. The van der Waals surface area contributed by atoms with Crippen molar-refractivity contribution in [1.82, 2.24) is 10.3 Å². The van der Waals surface area contributed by atoms with Crippen molar-refractivity contribution in [3.05, 3.63) is 53.6 Å². The molecule has 3 atom stereocenters. The van der Waals surface area contributed by atoms with E-state index in [1.807, 2.05) is 0 Å². The van der Waals surface area contributed by atoms with Crippen LogP contribution >= 0.6 is 0 Å². The van der Waals surface area contributed by atoms with Crippen molar-refractivity contribution in [2.24, 2.45) is 9.36 Å². The van der Waals surface area contributed by atoms with Crippen LogP contribution in [-0.4, -0.2) is 68.1 Å². The van der Waals surface area contributed by atoms with E-state index in [2.05, 4.69) is 24.7 Å². The molecule has 246 valence electrons. The lowest BCUT2D eigenvalue weighted by atomic mass is 9.85. The first-order valence-electron chi connectivity index (χ1n) is 13.9. The standard InChI is InChI=1S/C29H34F5N5O5S/c1-26(2,3)44-25(41)38-24-27(4,5)45(42)21(11-12-36-45)28(6,39-24)18-13-16(7-9-19(18)30)37-22(40)20-10-8-17(14-35-20)43-15-29(33,34)23(31)32/h7-10,13-14,21,23H,11-12,15H2,1-6H3,(H,37,40)(H,38,39,41)/t21-,28+,45+/m0/s1. The molecule has 0 saturated carbocycles. The maximum atomic E-state index is 15.6. The Bertz CT molecular complexity index is 1630. The van der Waals surface area contributed by atoms with Crippen molar-refractivity contribution in [3.63, 3.8) is 0 Å². The molecule has 0 saturated heterocycles. The average Bonchev–Trinajstić information content (AvgIpc) is 3.35.